The van der Waals surface area contributed by atoms with Gasteiger partial charge in [0.15, 0.2) is 0 Å². The summed E-state index contributed by atoms with van der Waals surface area (Å²) in [6.07, 6.45) is 5.52. The lowest BCUT2D eigenvalue weighted by molar-refractivity contribution is -0.141. The van der Waals surface area contributed by atoms with Crippen molar-refractivity contribution in [1.29, 1.82) is 0 Å². The molecule has 2 aromatic rings. The second-order valence-corrected chi connectivity index (χ2v) is 10.5. The van der Waals surface area contributed by atoms with Crippen LogP contribution >= 0.6 is 23.2 Å². The van der Waals surface area contributed by atoms with Crippen LogP contribution in [0, 0.1) is 0 Å². The number of nitrogens with one attached hydrogen (secondary N) is 1. The van der Waals surface area contributed by atoms with Gasteiger partial charge in [-0.2, -0.15) is 0 Å². The van der Waals surface area contributed by atoms with Gasteiger partial charge in [-0.3, -0.25) is 24.1 Å². The molecule has 0 spiro atoms. The van der Waals surface area contributed by atoms with Crippen LogP contribution in [0.1, 0.15) is 78.1 Å². The largest absolute Gasteiger partial charge is 0.352 e. The highest BCUT2D eigenvalue weighted by atomic mass is 35.5. The topological polar surface area (TPSA) is 86.8 Å². The van der Waals surface area contributed by atoms with Crippen LogP contribution in [-0.4, -0.2) is 52.1 Å². The van der Waals surface area contributed by atoms with Gasteiger partial charge in [0.1, 0.15) is 6.04 Å². The van der Waals surface area contributed by atoms with Gasteiger partial charge in [0.05, 0.1) is 11.1 Å². The van der Waals surface area contributed by atoms with Crippen molar-refractivity contribution < 1.29 is 19.2 Å². The number of rotatable bonds is 9. The van der Waals surface area contributed by atoms with Crippen molar-refractivity contribution in [3.8, 4) is 0 Å². The van der Waals surface area contributed by atoms with Gasteiger partial charge in [0.25, 0.3) is 11.8 Å². The highest BCUT2D eigenvalue weighted by Gasteiger charge is 2.35. The highest BCUT2D eigenvalue weighted by Crippen LogP contribution is 2.28. The van der Waals surface area contributed by atoms with E-state index in [4.69, 9.17) is 23.2 Å². The van der Waals surface area contributed by atoms with Crippen LogP contribution in [0.25, 0.3) is 0 Å². The van der Waals surface area contributed by atoms with Crippen LogP contribution < -0.4 is 5.32 Å². The van der Waals surface area contributed by atoms with Gasteiger partial charge in [-0.1, -0.05) is 60.7 Å². The highest BCUT2D eigenvalue weighted by molar-refractivity contribution is 6.36. The minimum atomic E-state index is -0.749. The van der Waals surface area contributed by atoms with Gasteiger partial charge in [0, 0.05) is 41.2 Å². The molecular formula is C28H31Cl2N3O4. The fraction of sp³-hybridized carbons (Fsp3) is 0.429. The lowest BCUT2D eigenvalue weighted by atomic mass is 9.95. The number of halogens is 2. The molecule has 1 fully saturated rings. The predicted molar refractivity (Wildman–Crippen MR) is 143 cm³/mol. The van der Waals surface area contributed by atoms with Gasteiger partial charge >= 0.3 is 0 Å². The molecule has 0 bridgehead atoms. The summed E-state index contributed by atoms with van der Waals surface area (Å²) in [5, 5.41) is 3.92. The van der Waals surface area contributed by atoms with Gasteiger partial charge < -0.3 is 10.2 Å². The van der Waals surface area contributed by atoms with E-state index in [-0.39, 0.29) is 55.6 Å². The van der Waals surface area contributed by atoms with Crippen molar-refractivity contribution in [3.05, 3.63) is 69.2 Å². The summed E-state index contributed by atoms with van der Waals surface area (Å²) >= 11 is 12.8. The maximum absolute atomic E-state index is 13.4. The summed E-state index contributed by atoms with van der Waals surface area (Å²) in [5.41, 5.74) is 1.32. The van der Waals surface area contributed by atoms with E-state index in [9.17, 15) is 19.2 Å². The average Bonchev–Trinajstić information content (AvgIpc) is 3.13. The van der Waals surface area contributed by atoms with Crippen LogP contribution in [0.4, 0.5) is 0 Å². The molecule has 0 unspecified atom stereocenters. The molecule has 1 N–H and O–H groups in total. The molecule has 37 heavy (non-hydrogen) atoms. The Bertz CT molecular complexity index is 1140. The van der Waals surface area contributed by atoms with Crippen molar-refractivity contribution in [2.75, 3.05) is 6.54 Å². The number of nitrogens with zero attached hydrogens (tertiary/aromatic N) is 2. The third-order valence-electron chi connectivity index (χ3n) is 7.16. The number of hydrogen-bond donors (Lipinski definition) is 1. The molecule has 4 amide bonds. The first-order valence-corrected chi connectivity index (χ1v) is 13.5. The van der Waals surface area contributed by atoms with Crippen LogP contribution in [0.3, 0.4) is 0 Å². The summed E-state index contributed by atoms with van der Waals surface area (Å²) in [6.45, 7) is 1.88. The zero-order chi connectivity index (χ0) is 26.5. The third kappa shape index (κ3) is 6.16. The number of amides is 4. The number of carbonyl (C=O) groups is 4. The average molecular weight is 544 g/mol. The Morgan fingerprint density at radius 1 is 0.973 bits per heavy atom. The number of hydrogen-bond acceptors (Lipinski definition) is 4. The van der Waals surface area contributed by atoms with Crippen LogP contribution in [0.2, 0.25) is 10.0 Å². The number of carbonyl (C=O) groups excluding carboxylic acids is 4. The Labute approximate surface area is 227 Å². The standard InChI is InChI=1S/C28H31Cl2N3O4/c1-18(26(35)31-19-9-3-2-4-10-19)33(17-22-23(29)13-7-14-24(22)30)25(34)15-8-16-32-27(36)20-11-5-6-12-21(20)28(32)37/h5-7,11-14,18-19H,2-4,8-10,15-17H2,1H3,(H,31,35)/t18-/m0/s1. The summed E-state index contributed by atoms with van der Waals surface area (Å²) < 4.78 is 0. The molecule has 0 radical (unpaired) electrons. The van der Waals surface area contributed by atoms with Crippen LogP contribution in [0.5, 0.6) is 0 Å². The molecule has 2 aromatic carbocycles. The number of benzene rings is 2. The Hall–Kier alpha value is -2.90. The van der Waals surface area contributed by atoms with Gasteiger partial charge in [-0.15, -0.1) is 0 Å². The third-order valence-corrected chi connectivity index (χ3v) is 7.87. The Balaban J connectivity index is 1.44. The first-order valence-electron chi connectivity index (χ1n) is 12.8. The van der Waals surface area contributed by atoms with Crippen molar-refractivity contribution >= 4 is 46.8 Å². The molecular weight excluding hydrogens is 513 g/mol. The maximum Gasteiger partial charge on any atom is 0.261 e. The Kier molecular flexibility index (Phi) is 8.87. The van der Waals surface area contributed by atoms with E-state index >= 15 is 0 Å². The van der Waals surface area contributed by atoms with Crippen molar-refractivity contribution in [2.24, 2.45) is 0 Å². The van der Waals surface area contributed by atoms with Gasteiger partial charge in [-0.05, 0) is 50.5 Å². The number of fused-ring (bicyclic) bond motifs is 1. The minimum Gasteiger partial charge on any atom is -0.352 e. The SMILES string of the molecule is C[C@@H](C(=O)NC1CCCCC1)N(Cc1c(Cl)cccc1Cl)C(=O)CCCN1C(=O)c2ccccc2C1=O. The van der Waals surface area contributed by atoms with Crippen LogP contribution in [-0.2, 0) is 16.1 Å². The molecule has 4 rings (SSSR count). The van der Waals surface area contributed by atoms with E-state index in [1.807, 2.05) is 0 Å². The summed E-state index contributed by atoms with van der Waals surface area (Å²) in [4.78, 5) is 54.5. The first kappa shape index (κ1) is 27.1. The molecule has 1 aliphatic carbocycles. The van der Waals surface area contributed by atoms with Gasteiger partial charge in [-0.25, -0.2) is 0 Å². The van der Waals surface area contributed by atoms with Gasteiger partial charge in [0.2, 0.25) is 11.8 Å². The molecule has 0 aromatic heterocycles. The molecule has 7 nitrogen and oxygen atoms in total. The molecule has 9 heteroatoms. The minimum absolute atomic E-state index is 0.0521. The molecule has 196 valence electrons. The normalized spacial score (nSPS) is 16.5. The Morgan fingerprint density at radius 3 is 2.16 bits per heavy atom. The lowest BCUT2D eigenvalue weighted by Crippen LogP contribution is -2.50. The first-order chi connectivity index (χ1) is 17.8. The second-order valence-electron chi connectivity index (χ2n) is 9.65. The smallest absolute Gasteiger partial charge is 0.261 e. The quantitative estimate of drug-likeness (QED) is 0.438. The molecule has 0 saturated heterocycles. The summed E-state index contributed by atoms with van der Waals surface area (Å²) in [5.74, 6) is -1.20. The maximum atomic E-state index is 13.4. The van der Waals surface area contributed by atoms with E-state index in [1.165, 1.54) is 16.2 Å². The molecule has 2 aliphatic rings. The van der Waals surface area contributed by atoms with E-state index in [0.717, 1.165) is 25.7 Å². The number of imide groups is 1. The fourth-order valence-electron chi connectivity index (χ4n) is 4.98. The monoisotopic (exact) mass is 543 g/mol. The fourth-order valence-corrected chi connectivity index (χ4v) is 5.50. The predicted octanol–water partition coefficient (Wildman–Crippen LogP) is 5.24. The van der Waals surface area contributed by atoms with E-state index in [0.29, 0.717) is 26.7 Å². The Morgan fingerprint density at radius 2 is 1.57 bits per heavy atom. The van der Waals surface area contributed by atoms with E-state index in [1.54, 1.807) is 49.4 Å². The zero-order valence-corrected chi connectivity index (χ0v) is 22.4. The summed E-state index contributed by atoms with van der Waals surface area (Å²) in [7, 11) is 0. The van der Waals surface area contributed by atoms with Crippen molar-refractivity contribution in [2.45, 2.75) is 70.5 Å². The second kappa shape index (κ2) is 12.1. The van der Waals surface area contributed by atoms with E-state index < -0.39 is 6.04 Å². The van der Waals surface area contributed by atoms with E-state index in [2.05, 4.69) is 5.32 Å². The molecule has 1 aliphatic heterocycles. The van der Waals surface area contributed by atoms with Crippen molar-refractivity contribution in [3.63, 3.8) is 0 Å². The van der Waals surface area contributed by atoms with Crippen LogP contribution in [0.15, 0.2) is 42.5 Å². The zero-order valence-electron chi connectivity index (χ0n) is 20.8. The van der Waals surface area contributed by atoms with Crippen molar-refractivity contribution in [1.82, 2.24) is 15.1 Å². The lowest BCUT2D eigenvalue weighted by Gasteiger charge is -2.32. The molecule has 1 atom stereocenters. The summed E-state index contributed by atoms with van der Waals surface area (Å²) in [6, 6.07) is 11.2. The molecule has 1 heterocycles. The molecule has 1 saturated carbocycles.